The van der Waals surface area contributed by atoms with Gasteiger partial charge < -0.3 is 5.32 Å². The van der Waals surface area contributed by atoms with Gasteiger partial charge in [0.15, 0.2) is 0 Å². The maximum atomic E-state index is 11.2. The fourth-order valence-corrected chi connectivity index (χ4v) is 1.49. The summed E-state index contributed by atoms with van der Waals surface area (Å²) in [6.45, 7) is 0. The van der Waals surface area contributed by atoms with Crippen molar-refractivity contribution in [2.45, 2.75) is 12.8 Å². The van der Waals surface area contributed by atoms with Gasteiger partial charge in [0.1, 0.15) is 0 Å². The van der Waals surface area contributed by atoms with Gasteiger partial charge in [-0.3, -0.25) is 4.79 Å². The fraction of sp³-hybridized carbons (Fsp3) is 0.375. The summed E-state index contributed by atoms with van der Waals surface area (Å²) in [7, 11) is 0. The minimum absolute atomic E-state index is 0.150. The summed E-state index contributed by atoms with van der Waals surface area (Å²) in [4.78, 5) is 11.2. The minimum Gasteiger partial charge on any atom is -0.332 e. The van der Waals surface area contributed by atoms with Crippen LogP contribution in [0.3, 0.4) is 0 Å². The number of hydrogen-bond acceptors (Lipinski definition) is 1. The summed E-state index contributed by atoms with van der Waals surface area (Å²) in [6.07, 6.45) is 9.58. The Morgan fingerprint density at radius 1 is 1.40 bits per heavy atom. The molecule has 0 saturated carbocycles. The van der Waals surface area contributed by atoms with Gasteiger partial charge in [0.2, 0.25) is 5.91 Å². The van der Waals surface area contributed by atoms with Gasteiger partial charge in [-0.15, -0.1) is 0 Å². The predicted molar refractivity (Wildman–Crippen MR) is 38.1 cm³/mol. The number of rotatable bonds is 0. The summed E-state index contributed by atoms with van der Waals surface area (Å²) in [6, 6.07) is 0. The SMILES string of the molecule is O=C1NC=CC12CC=CC2. The van der Waals surface area contributed by atoms with Crippen LogP contribution in [0, 0.1) is 5.41 Å². The maximum absolute atomic E-state index is 11.2. The van der Waals surface area contributed by atoms with Crippen LogP contribution in [0.4, 0.5) is 0 Å². The molecule has 0 unspecified atom stereocenters. The molecule has 0 bridgehead atoms. The highest BCUT2D eigenvalue weighted by atomic mass is 16.2. The van der Waals surface area contributed by atoms with E-state index in [1.807, 2.05) is 6.08 Å². The van der Waals surface area contributed by atoms with E-state index >= 15 is 0 Å². The van der Waals surface area contributed by atoms with E-state index in [1.165, 1.54) is 0 Å². The van der Waals surface area contributed by atoms with E-state index < -0.39 is 0 Å². The molecule has 1 N–H and O–H groups in total. The summed E-state index contributed by atoms with van der Waals surface area (Å²) in [5, 5.41) is 2.69. The molecule has 0 aromatic heterocycles. The van der Waals surface area contributed by atoms with Crippen molar-refractivity contribution in [2.75, 3.05) is 0 Å². The summed E-state index contributed by atoms with van der Waals surface area (Å²) in [5.74, 6) is 0.150. The molecule has 0 saturated heterocycles. The quantitative estimate of drug-likeness (QED) is 0.492. The lowest BCUT2D eigenvalue weighted by Gasteiger charge is -2.16. The maximum Gasteiger partial charge on any atom is 0.234 e. The Kier molecular flexibility index (Phi) is 0.982. The van der Waals surface area contributed by atoms with E-state index in [0.717, 1.165) is 12.8 Å². The van der Waals surface area contributed by atoms with Crippen LogP contribution in [-0.2, 0) is 4.79 Å². The van der Waals surface area contributed by atoms with E-state index in [4.69, 9.17) is 0 Å². The third-order valence-electron chi connectivity index (χ3n) is 2.20. The van der Waals surface area contributed by atoms with Gasteiger partial charge in [0.25, 0.3) is 0 Å². The number of nitrogens with one attached hydrogen (secondary N) is 1. The van der Waals surface area contributed by atoms with Crippen LogP contribution >= 0.6 is 0 Å². The minimum atomic E-state index is -0.194. The Morgan fingerprint density at radius 3 is 2.60 bits per heavy atom. The molecule has 2 rings (SSSR count). The molecule has 2 nitrogen and oxygen atoms in total. The monoisotopic (exact) mass is 135 g/mol. The van der Waals surface area contributed by atoms with Crippen LogP contribution in [0.1, 0.15) is 12.8 Å². The number of carbonyl (C=O) groups is 1. The van der Waals surface area contributed by atoms with E-state index in [1.54, 1.807) is 6.20 Å². The molecule has 0 fully saturated rings. The van der Waals surface area contributed by atoms with Gasteiger partial charge in [-0.25, -0.2) is 0 Å². The van der Waals surface area contributed by atoms with Crippen LogP contribution < -0.4 is 5.32 Å². The highest BCUT2D eigenvalue weighted by molar-refractivity contribution is 5.88. The molecular formula is C8H9NO. The molecule has 1 aliphatic carbocycles. The van der Waals surface area contributed by atoms with Crippen LogP contribution in [0.25, 0.3) is 0 Å². The van der Waals surface area contributed by atoms with Crippen molar-refractivity contribution < 1.29 is 4.79 Å². The Balaban J connectivity index is 2.30. The zero-order chi connectivity index (χ0) is 7.03. The average Bonchev–Trinajstić information content (AvgIpc) is 2.48. The third-order valence-corrected chi connectivity index (χ3v) is 2.20. The predicted octanol–water partition coefficient (Wildman–Crippen LogP) is 0.966. The first-order chi connectivity index (χ1) is 4.83. The standard InChI is InChI=1S/C8H9NO/c10-7-8(5-6-9-7)3-1-2-4-8/h1-2,5-6H,3-4H2,(H,9,10). The van der Waals surface area contributed by atoms with E-state index in [0.29, 0.717) is 0 Å². The van der Waals surface area contributed by atoms with Crippen molar-refractivity contribution in [2.24, 2.45) is 5.41 Å². The molecule has 2 heteroatoms. The number of carbonyl (C=O) groups excluding carboxylic acids is 1. The largest absolute Gasteiger partial charge is 0.332 e. The zero-order valence-electron chi connectivity index (χ0n) is 5.63. The molecule has 52 valence electrons. The first kappa shape index (κ1) is 5.71. The van der Waals surface area contributed by atoms with Crippen molar-refractivity contribution in [3.8, 4) is 0 Å². The molecule has 1 amide bonds. The summed E-state index contributed by atoms with van der Waals surface area (Å²) < 4.78 is 0. The van der Waals surface area contributed by atoms with Crippen molar-refractivity contribution in [1.29, 1.82) is 0 Å². The lowest BCUT2D eigenvalue weighted by atomic mass is 9.86. The third kappa shape index (κ3) is 0.561. The van der Waals surface area contributed by atoms with Gasteiger partial charge in [-0.2, -0.15) is 0 Å². The van der Waals surface area contributed by atoms with Gasteiger partial charge in [-0.05, 0) is 12.8 Å². The van der Waals surface area contributed by atoms with Crippen LogP contribution in [-0.4, -0.2) is 5.91 Å². The smallest absolute Gasteiger partial charge is 0.234 e. The fourth-order valence-electron chi connectivity index (χ4n) is 1.49. The molecule has 0 atom stereocenters. The van der Waals surface area contributed by atoms with Crippen LogP contribution in [0.5, 0.6) is 0 Å². The van der Waals surface area contributed by atoms with Crippen molar-refractivity contribution in [3.63, 3.8) is 0 Å². The van der Waals surface area contributed by atoms with Crippen LogP contribution in [0.2, 0.25) is 0 Å². The van der Waals surface area contributed by atoms with Gasteiger partial charge in [-0.1, -0.05) is 18.2 Å². The highest BCUT2D eigenvalue weighted by Crippen LogP contribution is 2.36. The Bertz CT molecular complexity index is 219. The van der Waals surface area contributed by atoms with Gasteiger partial charge >= 0.3 is 0 Å². The molecule has 10 heavy (non-hydrogen) atoms. The molecule has 2 aliphatic rings. The average molecular weight is 135 g/mol. The molecular weight excluding hydrogens is 126 g/mol. The Morgan fingerprint density at radius 2 is 2.10 bits per heavy atom. The van der Waals surface area contributed by atoms with Gasteiger partial charge in [0.05, 0.1) is 5.41 Å². The molecule has 1 spiro atoms. The molecule has 0 radical (unpaired) electrons. The second kappa shape index (κ2) is 1.72. The number of amides is 1. The van der Waals surface area contributed by atoms with E-state index in [-0.39, 0.29) is 11.3 Å². The normalized spacial score (nSPS) is 26.2. The molecule has 0 aromatic rings. The second-order valence-corrected chi connectivity index (χ2v) is 2.84. The molecule has 0 aromatic carbocycles. The lowest BCUT2D eigenvalue weighted by molar-refractivity contribution is -0.125. The lowest BCUT2D eigenvalue weighted by Crippen LogP contribution is -2.29. The summed E-state index contributed by atoms with van der Waals surface area (Å²) in [5.41, 5.74) is -0.194. The first-order valence-electron chi connectivity index (χ1n) is 3.47. The van der Waals surface area contributed by atoms with Crippen molar-refractivity contribution in [1.82, 2.24) is 5.32 Å². The Labute approximate surface area is 59.6 Å². The highest BCUT2D eigenvalue weighted by Gasteiger charge is 2.38. The van der Waals surface area contributed by atoms with Crippen LogP contribution in [0.15, 0.2) is 24.4 Å². The van der Waals surface area contributed by atoms with Gasteiger partial charge in [0, 0.05) is 6.20 Å². The molecule has 1 aliphatic heterocycles. The topological polar surface area (TPSA) is 29.1 Å². The summed E-state index contributed by atoms with van der Waals surface area (Å²) >= 11 is 0. The van der Waals surface area contributed by atoms with Crippen molar-refractivity contribution in [3.05, 3.63) is 24.4 Å². The second-order valence-electron chi connectivity index (χ2n) is 2.84. The molecule has 1 heterocycles. The zero-order valence-corrected chi connectivity index (χ0v) is 5.63. The Hall–Kier alpha value is -1.05. The van der Waals surface area contributed by atoms with E-state index in [9.17, 15) is 4.79 Å². The first-order valence-corrected chi connectivity index (χ1v) is 3.47. The van der Waals surface area contributed by atoms with E-state index in [2.05, 4.69) is 17.5 Å². The number of hydrogen-bond donors (Lipinski definition) is 1. The van der Waals surface area contributed by atoms with Crippen molar-refractivity contribution >= 4 is 5.91 Å². The number of allylic oxidation sites excluding steroid dienone is 2.